The van der Waals surface area contributed by atoms with Crippen LogP contribution in [0.5, 0.6) is 0 Å². The van der Waals surface area contributed by atoms with E-state index in [2.05, 4.69) is 44.8 Å². The van der Waals surface area contributed by atoms with Gasteiger partial charge in [0.15, 0.2) is 0 Å². The minimum Gasteiger partial charge on any atom is -0.313 e. The summed E-state index contributed by atoms with van der Waals surface area (Å²) in [6.45, 7) is 10.4. The number of hydrogen-bond donors (Lipinski definition) is 1. The maximum Gasteiger partial charge on any atom is 0.0226 e. The topological polar surface area (TPSA) is 12.0 Å². The minimum absolute atomic E-state index is 0.753. The quantitative estimate of drug-likeness (QED) is 0.773. The van der Waals surface area contributed by atoms with Crippen LogP contribution in [0, 0.1) is 11.8 Å². The Labute approximate surface area is 93.4 Å². The third kappa shape index (κ3) is 3.16. The normalized spacial score (nSPS) is 38.6. The van der Waals surface area contributed by atoms with Crippen LogP contribution < -0.4 is 5.32 Å². The van der Waals surface area contributed by atoms with Gasteiger partial charge in [-0.3, -0.25) is 0 Å². The van der Waals surface area contributed by atoms with Crippen molar-refractivity contribution < 1.29 is 0 Å². The first kappa shape index (κ1) is 12.4. The predicted octanol–water partition coefficient (Wildman–Crippen LogP) is 3.15. The second kappa shape index (κ2) is 6.02. The molecule has 1 rings (SSSR count). The van der Waals surface area contributed by atoms with Crippen molar-refractivity contribution in [2.24, 2.45) is 11.8 Å². The highest BCUT2D eigenvalue weighted by atomic mass is 32.2. The van der Waals surface area contributed by atoms with E-state index in [-0.39, 0.29) is 0 Å². The van der Waals surface area contributed by atoms with E-state index in [0.29, 0.717) is 0 Å². The molecule has 4 unspecified atom stereocenters. The SMILES string of the molecule is CCNC1CC(C)CC(C)C1SCC. The summed E-state index contributed by atoms with van der Waals surface area (Å²) in [5, 5.41) is 4.50. The lowest BCUT2D eigenvalue weighted by Gasteiger charge is -2.39. The van der Waals surface area contributed by atoms with Gasteiger partial charge in [-0.1, -0.05) is 27.7 Å². The van der Waals surface area contributed by atoms with Crippen LogP contribution in [0.1, 0.15) is 40.5 Å². The smallest absolute Gasteiger partial charge is 0.0226 e. The molecule has 1 aliphatic carbocycles. The maximum absolute atomic E-state index is 3.66. The van der Waals surface area contributed by atoms with E-state index < -0.39 is 0 Å². The molecule has 0 aromatic heterocycles. The lowest BCUT2D eigenvalue weighted by Crippen LogP contribution is -2.46. The zero-order valence-electron chi connectivity index (χ0n) is 10.0. The summed E-state index contributed by atoms with van der Waals surface area (Å²) >= 11 is 2.15. The molecule has 1 N–H and O–H groups in total. The van der Waals surface area contributed by atoms with Crippen molar-refractivity contribution in [2.45, 2.75) is 51.8 Å². The Morgan fingerprint density at radius 1 is 1.21 bits per heavy atom. The average molecular weight is 215 g/mol. The van der Waals surface area contributed by atoms with Crippen LogP contribution in [0.2, 0.25) is 0 Å². The first-order valence-electron chi connectivity index (χ1n) is 6.04. The summed E-state index contributed by atoms with van der Waals surface area (Å²) in [5.41, 5.74) is 0. The Morgan fingerprint density at radius 2 is 1.93 bits per heavy atom. The van der Waals surface area contributed by atoms with Crippen molar-refractivity contribution in [2.75, 3.05) is 12.3 Å². The summed E-state index contributed by atoms with van der Waals surface area (Å²) < 4.78 is 0. The Balaban J connectivity index is 2.55. The van der Waals surface area contributed by atoms with Crippen LogP contribution in [-0.4, -0.2) is 23.6 Å². The molecule has 1 nitrogen and oxygen atoms in total. The van der Waals surface area contributed by atoms with Gasteiger partial charge in [-0.15, -0.1) is 0 Å². The second-order valence-corrected chi connectivity index (χ2v) is 6.09. The monoisotopic (exact) mass is 215 g/mol. The fourth-order valence-corrected chi connectivity index (χ4v) is 4.03. The molecule has 4 atom stereocenters. The van der Waals surface area contributed by atoms with E-state index in [1.54, 1.807) is 0 Å². The van der Waals surface area contributed by atoms with Crippen LogP contribution in [0.15, 0.2) is 0 Å². The van der Waals surface area contributed by atoms with Crippen LogP contribution in [0.25, 0.3) is 0 Å². The zero-order chi connectivity index (χ0) is 10.6. The number of rotatable bonds is 4. The van der Waals surface area contributed by atoms with Gasteiger partial charge in [-0.2, -0.15) is 11.8 Å². The molecule has 0 aliphatic heterocycles. The molecule has 14 heavy (non-hydrogen) atoms. The van der Waals surface area contributed by atoms with Crippen molar-refractivity contribution >= 4 is 11.8 Å². The highest BCUT2D eigenvalue weighted by Gasteiger charge is 2.33. The lowest BCUT2D eigenvalue weighted by atomic mass is 9.80. The first-order chi connectivity index (χ1) is 6.69. The molecule has 1 fully saturated rings. The van der Waals surface area contributed by atoms with Crippen LogP contribution in [0.3, 0.4) is 0 Å². The Kier molecular flexibility index (Phi) is 5.32. The Bertz CT molecular complexity index is 160. The van der Waals surface area contributed by atoms with Crippen molar-refractivity contribution in [3.05, 3.63) is 0 Å². The van der Waals surface area contributed by atoms with Gasteiger partial charge in [-0.25, -0.2) is 0 Å². The van der Waals surface area contributed by atoms with Gasteiger partial charge in [-0.05, 0) is 37.0 Å². The molecular formula is C12H25NS. The maximum atomic E-state index is 3.66. The summed E-state index contributed by atoms with van der Waals surface area (Å²) in [5.74, 6) is 3.04. The van der Waals surface area contributed by atoms with Crippen molar-refractivity contribution in [3.8, 4) is 0 Å². The fraction of sp³-hybridized carbons (Fsp3) is 1.00. The third-order valence-electron chi connectivity index (χ3n) is 3.21. The number of nitrogens with one attached hydrogen (secondary N) is 1. The van der Waals surface area contributed by atoms with E-state index >= 15 is 0 Å². The molecule has 2 heteroatoms. The Hall–Kier alpha value is 0.310. The highest BCUT2D eigenvalue weighted by Crippen LogP contribution is 2.36. The third-order valence-corrected chi connectivity index (χ3v) is 4.72. The largest absolute Gasteiger partial charge is 0.313 e. The molecule has 0 saturated heterocycles. The van der Waals surface area contributed by atoms with Gasteiger partial charge in [0.2, 0.25) is 0 Å². The molecule has 0 aromatic carbocycles. The number of hydrogen-bond acceptors (Lipinski definition) is 2. The highest BCUT2D eigenvalue weighted by molar-refractivity contribution is 7.99. The van der Waals surface area contributed by atoms with Gasteiger partial charge in [0.25, 0.3) is 0 Å². The van der Waals surface area contributed by atoms with Gasteiger partial charge in [0.05, 0.1) is 0 Å². The Morgan fingerprint density at radius 3 is 2.50 bits per heavy atom. The van der Waals surface area contributed by atoms with Gasteiger partial charge < -0.3 is 5.32 Å². The lowest BCUT2D eigenvalue weighted by molar-refractivity contribution is 0.251. The number of thioether (sulfide) groups is 1. The van der Waals surface area contributed by atoms with E-state index in [9.17, 15) is 0 Å². The average Bonchev–Trinajstić information content (AvgIpc) is 2.11. The molecule has 0 spiro atoms. The summed E-state index contributed by atoms with van der Waals surface area (Å²) in [7, 11) is 0. The van der Waals surface area contributed by atoms with E-state index in [1.165, 1.54) is 18.6 Å². The van der Waals surface area contributed by atoms with Crippen molar-refractivity contribution in [1.29, 1.82) is 0 Å². The molecule has 0 radical (unpaired) electrons. The molecule has 84 valence electrons. The molecule has 1 aliphatic rings. The zero-order valence-corrected chi connectivity index (χ0v) is 10.9. The molecule has 0 aromatic rings. The van der Waals surface area contributed by atoms with Crippen LogP contribution >= 0.6 is 11.8 Å². The van der Waals surface area contributed by atoms with E-state index in [4.69, 9.17) is 0 Å². The summed E-state index contributed by atoms with van der Waals surface area (Å²) in [6, 6.07) is 0.753. The molecule has 0 heterocycles. The molecule has 0 bridgehead atoms. The second-order valence-electron chi connectivity index (χ2n) is 4.64. The summed E-state index contributed by atoms with van der Waals surface area (Å²) in [6.07, 6.45) is 2.79. The van der Waals surface area contributed by atoms with E-state index in [0.717, 1.165) is 29.7 Å². The van der Waals surface area contributed by atoms with E-state index in [1.807, 2.05) is 0 Å². The first-order valence-corrected chi connectivity index (χ1v) is 7.08. The predicted molar refractivity (Wildman–Crippen MR) is 66.9 cm³/mol. The minimum atomic E-state index is 0.753. The van der Waals surface area contributed by atoms with Crippen LogP contribution in [-0.2, 0) is 0 Å². The van der Waals surface area contributed by atoms with Crippen molar-refractivity contribution in [3.63, 3.8) is 0 Å². The molecule has 0 amide bonds. The van der Waals surface area contributed by atoms with Crippen molar-refractivity contribution in [1.82, 2.24) is 5.32 Å². The molecular weight excluding hydrogens is 190 g/mol. The van der Waals surface area contributed by atoms with Gasteiger partial charge in [0, 0.05) is 11.3 Å². The van der Waals surface area contributed by atoms with Crippen LogP contribution in [0.4, 0.5) is 0 Å². The molecule has 1 saturated carbocycles. The fourth-order valence-electron chi connectivity index (χ4n) is 2.76. The summed E-state index contributed by atoms with van der Waals surface area (Å²) in [4.78, 5) is 0. The van der Waals surface area contributed by atoms with Gasteiger partial charge in [0.1, 0.15) is 0 Å². The standard InChI is InChI=1S/C12H25NS/c1-5-13-11-8-9(3)7-10(4)12(11)14-6-2/h9-13H,5-8H2,1-4H3. The van der Waals surface area contributed by atoms with Gasteiger partial charge >= 0.3 is 0 Å².